The van der Waals surface area contributed by atoms with Crippen LogP contribution in [0.15, 0.2) is 53.1 Å². The van der Waals surface area contributed by atoms with Crippen molar-refractivity contribution in [3.05, 3.63) is 48.5 Å². The summed E-state index contributed by atoms with van der Waals surface area (Å²) in [5.74, 6) is 0.767. The molecule has 78 valence electrons. The molecule has 3 heteroatoms. The molecule has 0 spiro atoms. The van der Waals surface area contributed by atoms with Gasteiger partial charge in [0.25, 0.3) is 0 Å². The summed E-state index contributed by atoms with van der Waals surface area (Å²) in [4.78, 5) is 0. The predicted molar refractivity (Wildman–Crippen MR) is 63.9 cm³/mol. The van der Waals surface area contributed by atoms with E-state index in [1.54, 1.807) is 0 Å². The Hall–Kier alpha value is -2.29. The highest BCUT2D eigenvalue weighted by molar-refractivity contribution is 5.91. The van der Waals surface area contributed by atoms with Crippen LogP contribution >= 0.6 is 0 Å². The van der Waals surface area contributed by atoms with Crippen molar-refractivity contribution in [2.75, 3.05) is 5.73 Å². The number of rotatable bonds is 1. The molecule has 2 aromatic carbocycles. The third kappa shape index (κ3) is 1.34. The molecule has 0 saturated carbocycles. The van der Waals surface area contributed by atoms with E-state index in [9.17, 15) is 0 Å². The van der Waals surface area contributed by atoms with Crippen LogP contribution in [-0.2, 0) is 0 Å². The molecule has 3 rings (SSSR count). The van der Waals surface area contributed by atoms with Crippen molar-refractivity contribution in [2.45, 2.75) is 0 Å². The minimum Gasteiger partial charge on any atom is -0.399 e. The SMILES string of the molecule is Nc1cccc(-c2onc3ccccc23)c1. The normalized spacial score (nSPS) is 10.8. The van der Waals surface area contributed by atoms with Gasteiger partial charge in [-0.05, 0) is 24.3 Å². The molecule has 3 aromatic rings. The van der Waals surface area contributed by atoms with Crippen molar-refractivity contribution < 1.29 is 4.52 Å². The molecule has 1 heterocycles. The van der Waals surface area contributed by atoms with Crippen molar-refractivity contribution in [1.82, 2.24) is 5.16 Å². The van der Waals surface area contributed by atoms with Crippen LogP contribution in [0, 0.1) is 0 Å². The van der Waals surface area contributed by atoms with Crippen molar-refractivity contribution in [2.24, 2.45) is 0 Å². The van der Waals surface area contributed by atoms with Gasteiger partial charge in [-0.1, -0.05) is 29.4 Å². The van der Waals surface area contributed by atoms with Gasteiger partial charge in [-0.2, -0.15) is 0 Å². The van der Waals surface area contributed by atoms with E-state index >= 15 is 0 Å². The van der Waals surface area contributed by atoms with Gasteiger partial charge in [-0.25, -0.2) is 0 Å². The van der Waals surface area contributed by atoms with Crippen LogP contribution in [0.3, 0.4) is 0 Å². The highest BCUT2D eigenvalue weighted by atomic mass is 16.5. The number of hydrogen-bond donors (Lipinski definition) is 1. The Bertz CT molecular complexity index is 643. The molecule has 0 unspecified atom stereocenters. The average molecular weight is 210 g/mol. The first kappa shape index (κ1) is 8.97. The molecule has 2 N–H and O–H groups in total. The molecule has 0 fully saturated rings. The number of aromatic nitrogens is 1. The zero-order valence-corrected chi connectivity index (χ0v) is 8.55. The molecular weight excluding hydrogens is 200 g/mol. The Labute approximate surface area is 92.5 Å². The first-order valence-corrected chi connectivity index (χ1v) is 5.05. The molecule has 1 aromatic heterocycles. The van der Waals surface area contributed by atoms with Crippen LogP contribution in [0.1, 0.15) is 0 Å². The Morgan fingerprint density at radius 2 is 1.88 bits per heavy atom. The van der Waals surface area contributed by atoms with Gasteiger partial charge in [0.2, 0.25) is 0 Å². The smallest absolute Gasteiger partial charge is 0.174 e. The van der Waals surface area contributed by atoms with Crippen LogP contribution in [-0.4, -0.2) is 5.16 Å². The molecule has 0 amide bonds. The number of hydrogen-bond acceptors (Lipinski definition) is 3. The maximum Gasteiger partial charge on any atom is 0.174 e. The maximum absolute atomic E-state index is 5.75. The number of nitrogens with two attached hydrogens (primary N) is 1. The fourth-order valence-electron chi connectivity index (χ4n) is 1.78. The van der Waals surface area contributed by atoms with E-state index in [2.05, 4.69) is 5.16 Å². The minimum atomic E-state index is 0.720. The van der Waals surface area contributed by atoms with E-state index in [4.69, 9.17) is 10.3 Å². The minimum absolute atomic E-state index is 0.720. The van der Waals surface area contributed by atoms with Gasteiger partial charge in [0.15, 0.2) is 5.76 Å². The summed E-state index contributed by atoms with van der Waals surface area (Å²) in [5, 5.41) is 5.02. The summed E-state index contributed by atoms with van der Waals surface area (Å²) in [6.07, 6.45) is 0. The van der Waals surface area contributed by atoms with Gasteiger partial charge >= 0.3 is 0 Å². The Balaban J connectivity index is 2.26. The van der Waals surface area contributed by atoms with Crippen molar-refractivity contribution in [3.8, 4) is 11.3 Å². The number of anilines is 1. The number of fused-ring (bicyclic) bond motifs is 1. The van der Waals surface area contributed by atoms with Crippen LogP contribution < -0.4 is 5.73 Å². The largest absolute Gasteiger partial charge is 0.399 e. The first-order chi connectivity index (χ1) is 7.84. The van der Waals surface area contributed by atoms with Gasteiger partial charge in [0.05, 0.1) is 0 Å². The number of benzene rings is 2. The summed E-state index contributed by atoms with van der Waals surface area (Å²) >= 11 is 0. The van der Waals surface area contributed by atoms with Gasteiger partial charge in [0, 0.05) is 16.6 Å². The fraction of sp³-hybridized carbons (Fsp3) is 0. The van der Waals surface area contributed by atoms with Gasteiger partial charge in [0.1, 0.15) is 5.52 Å². The summed E-state index contributed by atoms with van der Waals surface area (Å²) < 4.78 is 5.35. The highest BCUT2D eigenvalue weighted by Crippen LogP contribution is 2.29. The quantitative estimate of drug-likeness (QED) is 0.628. The van der Waals surface area contributed by atoms with Gasteiger partial charge < -0.3 is 10.3 Å². The summed E-state index contributed by atoms with van der Waals surface area (Å²) in [7, 11) is 0. The van der Waals surface area contributed by atoms with Crippen LogP contribution in [0.25, 0.3) is 22.2 Å². The Kier molecular flexibility index (Phi) is 1.90. The second kappa shape index (κ2) is 3.38. The third-order valence-electron chi connectivity index (χ3n) is 2.53. The molecule has 0 atom stereocenters. The lowest BCUT2D eigenvalue weighted by Crippen LogP contribution is -1.84. The van der Waals surface area contributed by atoms with E-state index in [0.29, 0.717) is 0 Å². The van der Waals surface area contributed by atoms with Crippen molar-refractivity contribution in [3.63, 3.8) is 0 Å². The van der Waals surface area contributed by atoms with E-state index in [0.717, 1.165) is 27.9 Å². The molecule has 0 aliphatic rings. The molecule has 0 saturated heterocycles. The zero-order valence-electron chi connectivity index (χ0n) is 8.55. The van der Waals surface area contributed by atoms with E-state index in [1.807, 2.05) is 48.5 Å². The lowest BCUT2D eigenvalue weighted by molar-refractivity contribution is 0.441. The molecular formula is C13H10N2O. The zero-order chi connectivity index (χ0) is 11.0. The van der Waals surface area contributed by atoms with E-state index < -0.39 is 0 Å². The average Bonchev–Trinajstić information content (AvgIpc) is 2.72. The molecule has 0 radical (unpaired) electrons. The Morgan fingerprint density at radius 3 is 2.75 bits per heavy atom. The monoisotopic (exact) mass is 210 g/mol. The molecule has 16 heavy (non-hydrogen) atoms. The number of nitrogens with zero attached hydrogens (tertiary/aromatic N) is 1. The fourth-order valence-corrected chi connectivity index (χ4v) is 1.78. The molecule has 0 bridgehead atoms. The lowest BCUT2D eigenvalue weighted by Gasteiger charge is -1.97. The molecule has 3 nitrogen and oxygen atoms in total. The summed E-state index contributed by atoms with van der Waals surface area (Å²) in [5.41, 5.74) is 8.28. The van der Waals surface area contributed by atoms with E-state index in [1.165, 1.54) is 0 Å². The van der Waals surface area contributed by atoms with Gasteiger partial charge in [-0.3, -0.25) is 0 Å². The highest BCUT2D eigenvalue weighted by Gasteiger charge is 2.09. The molecule has 0 aliphatic carbocycles. The first-order valence-electron chi connectivity index (χ1n) is 5.05. The maximum atomic E-state index is 5.75. The van der Waals surface area contributed by atoms with Crippen LogP contribution in [0.4, 0.5) is 5.69 Å². The second-order valence-corrected chi connectivity index (χ2v) is 3.65. The van der Waals surface area contributed by atoms with Crippen molar-refractivity contribution in [1.29, 1.82) is 0 Å². The van der Waals surface area contributed by atoms with Crippen LogP contribution in [0.5, 0.6) is 0 Å². The van der Waals surface area contributed by atoms with Crippen molar-refractivity contribution >= 4 is 16.6 Å². The molecule has 0 aliphatic heterocycles. The second-order valence-electron chi connectivity index (χ2n) is 3.65. The lowest BCUT2D eigenvalue weighted by atomic mass is 10.1. The van der Waals surface area contributed by atoms with Gasteiger partial charge in [-0.15, -0.1) is 0 Å². The predicted octanol–water partition coefficient (Wildman–Crippen LogP) is 3.08. The van der Waals surface area contributed by atoms with Crippen LogP contribution in [0.2, 0.25) is 0 Å². The summed E-state index contributed by atoms with van der Waals surface area (Å²) in [6, 6.07) is 15.4. The number of nitrogen functional groups attached to an aromatic ring is 1. The third-order valence-corrected chi connectivity index (χ3v) is 2.53. The van der Waals surface area contributed by atoms with E-state index in [-0.39, 0.29) is 0 Å². The topological polar surface area (TPSA) is 52.0 Å². The Morgan fingerprint density at radius 1 is 1.00 bits per heavy atom. The standard InChI is InChI=1S/C13H10N2O/c14-10-5-3-4-9(8-10)13-11-6-1-2-7-12(11)15-16-13/h1-8H,14H2. The summed E-state index contributed by atoms with van der Waals surface area (Å²) in [6.45, 7) is 0.